The van der Waals surface area contributed by atoms with Crippen LogP contribution in [0, 0.1) is 0 Å². The van der Waals surface area contributed by atoms with Crippen molar-refractivity contribution < 1.29 is 0 Å². The van der Waals surface area contributed by atoms with Gasteiger partial charge in [-0.1, -0.05) is 17.6 Å². The van der Waals surface area contributed by atoms with Gasteiger partial charge >= 0.3 is 0 Å². The quantitative estimate of drug-likeness (QED) is 0.492. The van der Waals surface area contributed by atoms with Gasteiger partial charge in [0.05, 0.1) is 11.7 Å². The van der Waals surface area contributed by atoms with Crippen molar-refractivity contribution in [1.82, 2.24) is 10.2 Å². The summed E-state index contributed by atoms with van der Waals surface area (Å²) >= 11 is 0. The van der Waals surface area contributed by atoms with Gasteiger partial charge in [-0.25, -0.2) is 0 Å². The zero-order valence-corrected chi connectivity index (χ0v) is 5.76. The maximum Gasteiger partial charge on any atom is 0.139 e. The van der Waals surface area contributed by atoms with Crippen molar-refractivity contribution in [1.29, 1.82) is 0 Å². The molecule has 0 aliphatic rings. The highest BCUT2D eigenvalue weighted by Gasteiger charge is 1.92. The minimum absolute atomic E-state index is 1.10. The Morgan fingerprint density at radius 1 is 1.40 bits per heavy atom. The number of aromatic nitrogens is 2. The van der Waals surface area contributed by atoms with E-state index in [9.17, 15) is 0 Å². The van der Waals surface area contributed by atoms with Gasteiger partial charge in [-0.2, -0.15) is 5.10 Å². The van der Waals surface area contributed by atoms with Crippen LogP contribution in [-0.4, -0.2) is 18.0 Å². The van der Waals surface area contributed by atoms with Crippen LogP contribution in [0.25, 0.3) is 10.9 Å². The van der Waals surface area contributed by atoms with Crippen molar-refractivity contribution in [2.24, 2.45) is 0 Å². The number of hydrogen-bond acceptors (Lipinski definition) is 1. The van der Waals surface area contributed by atoms with E-state index in [1.54, 1.807) is 0 Å². The molecule has 0 aliphatic carbocycles. The minimum atomic E-state index is 1.10. The first kappa shape index (κ1) is 5.53. The third-order valence-corrected chi connectivity index (χ3v) is 1.60. The van der Waals surface area contributed by atoms with E-state index < -0.39 is 0 Å². The third-order valence-electron chi connectivity index (χ3n) is 1.60. The third kappa shape index (κ3) is 0.710. The summed E-state index contributed by atoms with van der Waals surface area (Å²) < 4.78 is 0. The van der Waals surface area contributed by atoms with Crippen LogP contribution >= 0.6 is 0 Å². The summed E-state index contributed by atoms with van der Waals surface area (Å²) in [6, 6.07) is 6.22. The smallest absolute Gasteiger partial charge is 0.139 e. The zero-order valence-electron chi connectivity index (χ0n) is 5.76. The number of fused-ring (bicyclic) bond motifs is 1. The number of H-pyrrole nitrogens is 1. The Hall–Kier alpha value is -1.25. The molecule has 0 atom stereocenters. The molecule has 0 radical (unpaired) electrons. The second-order valence-corrected chi connectivity index (χ2v) is 2.46. The molecule has 1 N–H and O–H groups in total. The Labute approximate surface area is 59.7 Å². The molecular weight excluding hydrogens is 123 g/mol. The second kappa shape index (κ2) is 1.87. The van der Waals surface area contributed by atoms with E-state index in [-0.39, 0.29) is 0 Å². The Balaban J connectivity index is 2.86. The molecule has 1 aromatic heterocycles. The fourth-order valence-electron chi connectivity index (χ4n) is 1.06. The monoisotopic (exact) mass is 130 g/mol. The van der Waals surface area contributed by atoms with Crippen molar-refractivity contribution in [2.45, 2.75) is 0 Å². The molecule has 0 unspecified atom stereocenters. The number of nitrogens with zero attached hydrogens (tertiary/aromatic N) is 1. The summed E-state index contributed by atoms with van der Waals surface area (Å²) in [4.78, 5) is 0. The predicted octanol–water partition coefficient (Wildman–Crippen LogP) is -0.179. The summed E-state index contributed by atoms with van der Waals surface area (Å²) in [5.41, 5.74) is 2.37. The molecule has 0 aliphatic heterocycles. The number of hydrogen-bond donors (Lipinski definition) is 1. The van der Waals surface area contributed by atoms with Crippen LogP contribution in [0.15, 0.2) is 24.4 Å². The lowest BCUT2D eigenvalue weighted by atomic mass is 9.95. The lowest BCUT2D eigenvalue weighted by molar-refractivity contribution is 1.12. The fraction of sp³-hybridized carbons (Fsp3) is 0. The Morgan fingerprint density at radius 3 is 3.20 bits per heavy atom. The van der Waals surface area contributed by atoms with Gasteiger partial charge in [0.25, 0.3) is 0 Å². The largest absolute Gasteiger partial charge is 0.278 e. The molecular formula is C7H7BN2. The van der Waals surface area contributed by atoms with Crippen LogP contribution < -0.4 is 5.46 Å². The predicted molar refractivity (Wildman–Crippen MR) is 44.3 cm³/mol. The van der Waals surface area contributed by atoms with E-state index in [2.05, 4.69) is 30.2 Å². The average molecular weight is 130 g/mol. The van der Waals surface area contributed by atoms with Gasteiger partial charge in [-0.05, 0) is 6.07 Å². The van der Waals surface area contributed by atoms with Crippen molar-refractivity contribution in [3.05, 3.63) is 24.4 Å². The van der Waals surface area contributed by atoms with Gasteiger partial charge in [0.2, 0.25) is 0 Å². The Morgan fingerprint density at radius 2 is 2.30 bits per heavy atom. The van der Waals surface area contributed by atoms with Crippen LogP contribution in [0.3, 0.4) is 0 Å². The minimum Gasteiger partial charge on any atom is -0.278 e. The molecule has 2 rings (SSSR count). The first-order chi connectivity index (χ1) is 4.86. The van der Waals surface area contributed by atoms with Crippen LogP contribution in [0.4, 0.5) is 0 Å². The highest BCUT2D eigenvalue weighted by atomic mass is 15.1. The van der Waals surface area contributed by atoms with Crippen LogP contribution in [-0.2, 0) is 0 Å². The van der Waals surface area contributed by atoms with Crippen molar-refractivity contribution in [3.63, 3.8) is 0 Å². The standard InChI is InChI=1S/C7H7BN2/c8-6-1-2-7-5(3-6)4-9-10-7/h1-4H,8H2,(H,9,10). The molecule has 0 saturated carbocycles. The molecule has 3 heteroatoms. The molecule has 1 aromatic carbocycles. The SMILES string of the molecule is Bc1ccc2[nH]ncc2c1. The molecule has 2 nitrogen and oxygen atoms in total. The fourth-order valence-corrected chi connectivity index (χ4v) is 1.06. The van der Waals surface area contributed by atoms with Crippen molar-refractivity contribution in [2.75, 3.05) is 0 Å². The molecule has 0 fully saturated rings. The van der Waals surface area contributed by atoms with Gasteiger partial charge in [0.1, 0.15) is 7.85 Å². The summed E-state index contributed by atoms with van der Waals surface area (Å²) in [6.45, 7) is 0. The zero-order chi connectivity index (χ0) is 6.97. The topological polar surface area (TPSA) is 28.7 Å². The summed E-state index contributed by atoms with van der Waals surface area (Å²) in [7, 11) is 2.08. The van der Waals surface area contributed by atoms with E-state index in [0.29, 0.717) is 0 Å². The number of rotatable bonds is 0. The van der Waals surface area contributed by atoms with E-state index in [1.807, 2.05) is 12.3 Å². The molecule has 0 spiro atoms. The molecule has 10 heavy (non-hydrogen) atoms. The number of benzene rings is 1. The van der Waals surface area contributed by atoms with E-state index in [4.69, 9.17) is 0 Å². The maximum atomic E-state index is 3.92. The van der Waals surface area contributed by atoms with Gasteiger partial charge in [-0.15, -0.1) is 0 Å². The van der Waals surface area contributed by atoms with E-state index in [0.717, 1.165) is 5.52 Å². The Bertz CT molecular complexity index is 353. The van der Waals surface area contributed by atoms with Crippen molar-refractivity contribution in [3.8, 4) is 0 Å². The van der Waals surface area contributed by atoms with Gasteiger partial charge in [-0.3, -0.25) is 5.10 Å². The number of nitrogens with one attached hydrogen (secondary N) is 1. The summed E-state index contributed by atoms with van der Waals surface area (Å²) in [5, 5.41) is 7.99. The van der Waals surface area contributed by atoms with E-state index >= 15 is 0 Å². The molecule has 48 valence electrons. The molecule has 0 saturated heterocycles. The lowest BCUT2D eigenvalue weighted by Gasteiger charge is -1.89. The summed E-state index contributed by atoms with van der Waals surface area (Å²) in [5.74, 6) is 0. The molecule has 0 amide bonds. The average Bonchev–Trinajstić information content (AvgIpc) is 2.33. The van der Waals surface area contributed by atoms with Crippen LogP contribution in [0.5, 0.6) is 0 Å². The highest BCUT2D eigenvalue weighted by Crippen LogP contribution is 2.05. The van der Waals surface area contributed by atoms with Gasteiger partial charge in [0, 0.05) is 5.39 Å². The Kier molecular flexibility index (Phi) is 1.03. The first-order valence-corrected chi connectivity index (χ1v) is 3.26. The second-order valence-electron chi connectivity index (χ2n) is 2.46. The van der Waals surface area contributed by atoms with Crippen molar-refractivity contribution >= 4 is 24.2 Å². The molecule has 2 aromatic rings. The normalized spacial score (nSPS) is 10.4. The number of aromatic amines is 1. The lowest BCUT2D eigenvalue weighted by Crippen LogP contribution is -1.98. The maximum absolute atomic E-state index is 3.92. The van der Waals surface area contributed by atoms with Crippen LogP contribution in [0.1, 0.15) is 0 Å². The van der Waals surface area contributed by atoms with Gasteiger partial charge < -0.3 is 0 Å². The summed E-state index contributed by atoms with van der Waals surface area (Å²) in [6.07, 6.45) is 1.84. The van der Waals surface area contributed by atoms with Gasteiger partial charge in [0.15, 0.2) is 0 Å². The highest BCUT2D eigenvalue weighted by molar-refractivity contribution is 6.33. The molecule has 0 bridgehead atoms. The van der Waals surface area contributed by atoms with E-state index in [1.165, 1.54) is 10.8 Å². The molecule has 1 heterocycles. The first-order valence-electron chi connectivity index (χ1n) is 3.26. The van der Waals surface area contributed by atoms with Crippen LogP contribution in [0.2, 0.25) is 0 Å².